The molecule has 2 aromatic rings. The number of benzene rings is 1. The van der Waals surface area contributed by atoms with E-state index in [2.05, 4.69) is 25.2 Å². The minimum Gasteiger partial charge on any atom is -0.411 e. The molecule has 2 rings (SSSR count). The lowest BCUT2D eigenvalue weighted by atomic mass is 10.2. The largest absolute Gasteiger partial charge is 0.411 e. The van der Waals surface area contributed by atoms with E-state index in [0.717, 1.165) is 0 Å². The molecule has 1 aromatic heterocycles. The van der Waals surface area contributed by atoms with Crippen LogP contribution in [-0.4, -0.2) is 35.2 Å². The van der Waals surface area contributed by atoms with E-state index in [-0.39, 0.29) is 28.9 Å². The highest BCUT2D eigenvalue weighted by Gasteiger charge is 2.15. The highest BCUT2D eigenvalue weighted by Crippen LogP contribution is 2.16. The first-order valence-corrected chi connectivity index (χ1v) is 8.26. The molecule has 9 nitrogen and oxygen atoms in total. The fourth-order valence-corrected chi connectivity index (χ4v) is 2.68. The van der Waals surface area contributed by atoms with Gasteiger partial charge in [-0.3, -0.25) is 4.79 Å². The van der Waals surface area contributed by atoms with E-state index in [9.17, 15) is 13.2 Å². The molecule has 0 radical (unpaired) electrons. The van der Waals surface area contributed by atoms with E-state index in [1.165, 1.54) is 43.6 Å². The van der Waals surface area contributed by atoms with Crippen LogP contribution in [0.15, 0.2) is 52.8 Å². The van der Waals surface area contributed by atoms with Gasteiger partial charge in [0, 0.05) is 18.1 Å². The van der Waals surface area contributed by atoms with Gasteiger partial charge in [0.1, 0.15) is 0 Å². The highest BCUT2D eigenvalue weighted by atomic mass is 32.2. The van der Waals surface area contributed by atoms with Crippen LogP contribution in [0.4, 0.5) is 11.6 Å². The maximum absolute atomic E-state index is 12.2. The first-order chi connectivity index (χ1) is 11.4. The zero-order valence-corrected chi connectivity index (χ0v) is 13.5. The third-order valence-electron chi connectivity index (χ3n) is 2.83. The first-order valence-electron chi connectivity index (χ1n) is 6.78. The molecule has 0 saturated carbocycles. The number of carbonyl (C=O) groups excluding carboxylic acids is 1. The van der Waals surface area contributed by atoms with Gasteiger partial charge >= 0.3 is 0 Å². The Morgan fingerprint density at radius 1 is 1.21 bits per heavy atom. The summed E-state index contributed by atoms with van der Waals surface area (Å²) in [6, 6.07) is 7.15. The third kappa shape index (κ3) is 4.74. The Morgan fingerprint density at radius 2 is 1.83 bits per heavy atom. The minimum absolute atomic E-state index is 0.000975. The Kier molecular flexibility index (Phi) is 5.42. The van der Waals surface area contributed by atoms with Gasteiger partial charge in [0.25, 0.3) is 10.0 Å². The molecule has 0 fully saturated rings. The van der Waals surface area contributed by atoms with Gasteiger partial charge in [-0.2, -0.15) is 0 Å². The molecule has 1 aromatic carbocycles. The smallest absolute Gasteiger partial charge is 0.264 e. The molecule has 24 heavy (non-hydrogen) atoms. The Labute approximate surface area is 138 Å². The second kappa shape index (κ2) is 7.51. The minimum atomic E-state index is -3.82. The number of sulfonamides is 1. The Bertz CT molecular complexity index is 835. The quantitative estimate of drug-likeness (QED) is 0.411. The molecular formula is C14H15N5O4S. The summed E-state index contributed by atoms with van der Waals surface area (Å²) in [5.41, 5.74) is 0.680. The molecule has 126 valence electrons. The van der Waals surface area contributed by atoms with Crippen molar-refractivity contribution in [3.05, 3.63) is 42.7 Å². The number of rotatable bonds is 6. The number of anilines is 2. The van der Waals surface area contributed by atoms with Gasteiger partial charge in [-0.15, -0.1) is 0 Å². The molecule has 3 N–H and O–H groups in total. The van der Waals surface area contributed by atoms with Gasteiger partial charge in [-0.1, -0.05) is 5.16 Å². The number of aromatic nitrogens is 2. The molecule has 0 aliphatic rings. The van der Waals surface area contributed by atoms with Crippen LogP contribution >= 0.6 is 0 Å². The molecule has 10 heteroatoms. The van der Waals surface area contributed by atoms with Crippen molar-refractivity contribution in [2.75, 3.05) is 10.0 Å². The highest BCUT2D eigenvalue weighted by molar-refractivity contribution is 7.92. The topological polar surface area (TPSA) is 134 Å². The van der Waals surface area contributed by atoms with Crippen molar-refractivity contribution in [1.29, 1.82) is 0 Å². The summed E-state index contributed by atoms with van der Waals surface area (Å²) in [6.45, 7) is 1.51. The fourth-order valence-electron chi connectivity index (χ4n) is 1.72. The van der Waals surface area contributed by atoms with Crippen molar-refractivity contribution in [3.63, 3.8) is 0 Å². The lowest BCUT2D eigenvalue weighted by Crippen LogP contribution is -2.16. The number of amides is 1. The number of hydrogen-bond donors (Lipinski definition) is 3. The summed E-state index contributed by atoms with van der Waals surface area (Å²) in [5, 5.41) is 14.0. The van der Waals surface area contributed by atoms with Crippen LogP contribution in [0.2, 0.25) is 0 Å². The van der Waals surface area contributed by atoms with Gasteiger partial charge in [0.15, 0.2) is 0 Å². The van der Waals surface area contributed by atoms with Crippen molar-refractivity contribution in [2.24, 2.45) is 5.16 Å². The van der Waals surface area contributed by atoms with E-state index in [0.29, 0.717) is 5.69 Å². The maximum Gasteiger partial charge on any atom is 0.264 e. The molecule has 0 atom stereocenters. The number of oxime groups is 1. The summed E-state index contributed by atoms with van der Waals surface area (Å²) < 4.78 is 26.6. The van der Waals surface area contributed by atoms with Gasteiger partial charge in [-0.05, 0) is 37.3 Å². The monoisotopic (exact) mass is 349 g/mol. The maximum atomic E-state index is 12.2. The van der Waals surface area contributed by atoms with Crippen molar-refractivity contribution in [2.45, 2.75) is 18.2 Å². The molecule has 0 unspecified atom stereocenters. The van der Waals surface area contributed by atoms with Crippen molar-refractivity contribution in [1.82, 2.24) is 9.97 Å². The summed E-state index contributed by atoms with van der Waals surface area (Å²) in [6.07, 6.45) is 2.77. The molecule has 0 bridgehead atoms. The molecule has 0 spiro atoms. The van der Waals surface area contributed by atoms with E-state index in [1.54, 1.807) is 6.07 Å². The fraction of sp³-hybridized carbons (Fsp3) is 0.143. The lowest BCUT2D eigenvalue weighted by molar-refractivity contribution is -0.115. The van der Waals surface area contributed by atoms with Crippen LogP contribution < -0.4 is 10.0 Å². The number of carbonyl (C=O) groups is 1. The molecule has 0 aliphatic carbocycles. The van der Waals surface area contributed by atoms with E-state index >= 15 is 0 Å². The van der Waals surface area contributed by atoms with Gasteiger partial charge < -0.3 is 10.5 Å². The van der Waals surface area contributed by atoms with Crippen LogP contribution in [0.5, 0.6) is 0 Å². The number of hydrogen-bond acceptors (Lipinski definition) is 7. The summed E-state index contributed by atoms with van der Waals surface area (Å²) >= 11 is 0. The molecule has 1 amide bonds. The zero-order chi connectivity index (χ0) is 17.6. The van der Waals surface area contributed by atoms with Crippen LogP contribution in [0.25, 0.3) is 0 Å². The second-order valence-corrected chi connectivity index (χ2v) is 6.44. The Hall–Kier alpha value is -3.01. The van der Waals surface area contributed by atoms with Crippen LogP contribution in [-0.2, 0) is 14.8 Å². The van der Waals surface area contributed by atoms with Crippen LogP contribution in [0.1, 0.15) is 13.3 Å². The predicted molar refractivity (Wildman–Crippen MR) is 87.4 cm³/mol. The lowest BCUT2D eigenvalue weighted by Gasteiger charge is -2.08. The average molecular weight is 349 g/mol. The number of nitrogens with one attached hydrogen (secondary N) is 2. The third-order valence-corrected chi connectivity index (χ3v) is 4.17. The summed E-state index contributed by atoms with van der Waals surface area (Å²) in [7, 11) is -3.82. The Balaban J connectivity index is 2.07. The standard InChI is InChI=1S/C14H15N5O4S/c1-10(18-21)9-13(20)17-11-3-5-12(6-4-11)24(22,23)19-14-15-7-2-8-16-14/h2-8,21H,9H2,1H3,(H,17,20)(H,15,16,19)/b18-10-. The van der Waals surface area contributed by atoms with E-state index in [1.807, 2.05) is 0 Å². The summed E-state index contributed by atoms with van der Waals surface area (Å²) in [4.78, 5) is 19.2. The van der Waals surface area contributed by atoms with Crippen molar-refractivity contribution in [3.8, 4) is 0 Å². The molecule has 0 aliphatic heterocycles. The van der Waals surface area contributed by atoms with E-state index in [4.69, 9.17) is 5.21 Å². The molecule has 0 saturated heterocycles. The number of nitrogens with zero attached hydrogens (tertiary/aromatic N) is 3. The zero-order valence-electron chi connectivity index (χ0n) is 12.7. The second-order valence-electron chi connectivity index (χ2n) is 4.76. The summed E-state index contributed by atoms with van der Waals surface area (Å²) in [5.74, 6) is -0.412. The molecular weight excluding hydrogens is 334 g/mol. The van der Waals surface area contributed by atoms with Gasteiger partial charge in [-0.25, -0.2) is 23.1 Å². The Morgan fingerprint density at radius 3 is 2.42 bits per heavy atom. The SMILES string of the molecule is C/C(CC(=O)Nc1ccc(S(=O)(=O)Nc2ncccn2)cc1)=N/O. The van der Waals surface area contributed by atoms with Crippen LogP contribution in [0, 0.1) is 0 Å². The van der Waals surface area contributed by atoms with Gasteiger partial charge in [0.2, 0.25) is 11.9 Å². The van der Waals surface area contributed by atoms with Gasteiger partial charge in [0.05, 0.1) is 17.0 Å². The molecule has 1 heterocycles. The first kappa shape index (κ1) is 17.3. The average Bonchev–Trinajstić information content (AvgIpc) is 2.55. The van der Waals surface area contributed by atoms with Crippen molar-refractivity contribution < 1.29 is 18.4 Å². The normalized spacial score (nSPS) is 11.8. The van der Waals surface area contributed by atoms with Crippen LogP contribution in [0.3, 0.4) is 0 Å². The van der Waals surface area contributed by atoms with E-state index < -0.39 is 10.0 Å². The predicted octanol–water partition coefficient (Wildman–Crippen LogP) is 1.46. The van der Waals surface area contributed by atoms with Crippen molar-refractivity contribution >= 4 is 33.3 Å².